The number of esters is 1. The number of nitrogens with two attached hydrogens (primary N) is 1. The second kappa shape index (κ2) is 5.42. The summed E-state index contributed by atoms with van der Waals surface area (Å²) < 4.78 is 46.1. The van der Waals surface area contributed by atoms with Gasteiger partial charge in [-0.2, -0.15) is 8.78 Å². The van der Waals surface area contributed by atoms with Crippen LogP contribution in [0.15, 0.2) is 12.1 Å². The van der Waals surface area contributed by atoms with Gasteiger partial charge in [0.15, 0.2) is 11.6 Å². The van der Waals surface area contributed by atoms with Gasteiger partial charge in [-0.3, -0.25) is 0 Å². The first-order valence-corrected chi connectivity index (χ1v) is 4.67. The molecule has 17 heavy (non-hydrogen) atoms. The number of hydrogen-bond donors (Lipinski definition) is 1. The zero-order chi connectivity index (χ0) is 13.0. The van der Waals surface area contributed by atoms with Crippen LogP contribution in [0.3, 0.4) is 0 Å². The van der Waals surface area contributed by atoms with Crippen LogP contribution in [0.1, 0.15) is 17.3 Å². The highest BCUT2D eigenvalue weighted by atomic mass is 19.3. The largest absolute Gasteiger partial charge is 0.462 e. The third-order valence-electron chi connectivity index (χ3n) is 1.83. The lowest BCUT2D eigenvalue weighted by molar-refractivity contribution is -0.0517. The topological polar surface area (TPSA) is 61.5 Å². The number of rotatable bonds is 4. The third kappa shape index (κ3) is 3.02. The van der Waals surface area contributed by atoms with Gasteiger partial charge in [0.2, 0.25) is 0 Å². The van der Waals surface area contributed by atoms with Crippen LogP contribution in [0.5, 0.6) is 5.75 Å². The summed E-state index contributed by atoms with van der Waals surface area (Å²) in [6.45, 7) is -1.67. The van der Waals surface area contributed by atoms with Crippen LogP contribution in [0, 0.1) is 5.82 Å². The molecule has 2 N–H and O–H groups in total. The van der Waals surface area contributed by atoms with Crippen molar-refractivity contribution >= 4 is 11.7 Å². The molecule has 0 saturated carbocycles. The molecule has 0 saturated heterocycles. The molecule has 1 aromatic rings. The molecule has 0 atom stereocenters. The predicted octanol–water partition coefficient (Wildman–Crippen LogP) is 2.19. The summed E-state index contributed by atoms with van der Waals surface area (Å²) in [5.74, 6) is -3.08. The molecule has 0 aliphatic heterocycles. The molecule has 0 radical (unpaired) electrons. The number of alkyl halides is 2. The van der Waals surface area contributed by atoms with Crippen LogP contribution in [0.25, 0.3) is 0 Å². The van der Waals surface area contributed by atoms with Gasteiger partial charge in [-0.25, -0.2) is 9.18 Å². The van der Waals surface area contributed by atoms with Gasteiger partial charge in [0.05, 0.1) is 17.9 Å². The molecule has 0 spiro atoms. The lowest BCUT2D eigenvalue weighted by Gasteiger charge is -2.11. The summed E-state index contributed by atoms with van der Waals surface area (Å²) in [6.07, 6.45) is 0. The molecule has 0 aliphatic carbocycles. The molecule has 0 unspecified atom stereocenters. The van der Waals surface area contributed by atoms with Crippen molar-refractivity contribution in [1.29, 1.82) is 0 Å². The Hall–Kier alpha value is -1.92. The van der Waals surface area contributed by atoms with E-state index in [1.54, 1.807) is 0 Å². The van der Waals surface area contributed by atoms with E-state index in [2.05, 4.69) is 9.47 Å². The van der Waals surface area contributed by atoms with Crippen LogP contribution < -0.4 is 10.5 Å². The van der Waals surface area contributed by atoms with Crippen LogP contribution in [0.4, 0.5) is 18.9 Å². The highest BCUT2D eigenvalue weighted by molar-refractivity contribution is 5.91. The van der Waals surface area contributed by atoms with Crippen LogP contribution in [-0.2, 0) is 4.74 Å². The summed E-state index contributed by atoms with van der Waals surface area (Å²) in [5.41, 5.74) is 4.44. The fourth-order valence-electron chi connectivity index (χ4n) is 1.15. The van der Waals surface area contributed by atoms with Crippen molar-refractivity contribution in [2.45, 2.75) is 13.5 Å². The first kappa shape index (κ1) is 13.1. The molecular weight excluding hydrogens is 239 g/mol. The average molecular weight is 249 g/mol. The van der Waals surface area contributed by atoms with Crippen molar-refractivity contribution < 1.29 is 27.4 Å². The second-order valence-corrected chi connectivity index (χ2v) is 2.94. The molecular formula is C10H10F3NO3. The molecule has 0 aliphatic rings. The number of nitrogen functional groups attached to an aromatic ring is 1. The predicted molar refractivity (Wildman–Crippen MR) is 53.4 cm³/mol. The number of anilines is 1. The highest BCUT2D eigenvalue weighted by Crippen LogP contribution is 2.29. The first-order chi connectivity index (χ1) is 7.97. The van der Waals surface area contributed by atoms with E-state index in [-0.39, 0.29) is 12.3 Å². The van der Waals surface area contributed by atoms with Crippen LogP contribution >= 0.6 is 0 Å². The monoisotopic (exact) mass is 249 g/mol. The Balaban J connectivity index is 3.14. The lowest BCUT2D eigenvalue weighted by atomic mass is 10.1. The Kier molecular flexibility index (Phi) is 4.19. The fourth-order valence-corrected chi connectivity index (χ4v) is 1.15. The number of hydrogen-bond acceptors (Lipinski definition) is 4. The Morgan fingerprint density at radius 1 is 1.47 bits per heavy atom. The molecule has 7 heteroatoms. The summed E-state index contributed by atoms with van der Waals surface area (Å²) in [4.78, 5) is 11.3. The van der Waals surface area contributed by atoms with Gasteiger partial charge < -0.3 is 15.2 Å². The average Bonchev–Trinajstić information content (AvgIpc) is 2.24. The van der Waals surface area contributed by atoms with E-state index in [0.29, 0.717) is 0 Å². The van der Waals surface area contributed by atoms with Gasteiger partial charge in [-0.05, 0) is 19.1 Å². The van der Waals surface area contributed by atoms with Gasteiger partial charge in [-0.15, -0.1) is 0 Å². The van der Waals surface area contributed by atoms with Gasteiger partial charge in [0, 0.05) is 0 Å². The zero-order valence-corrected chi connectivity index (χ0v) is 8.88. The molecule has 0 aromatic heterocycles. The summed E-state index contributed by atoms with van der Waals surface area (Å²) in [7, 11) is 0. The molecule has 1 aromatic carbocycles. The quantitative estimate of drug-likeness (QED) is 0.656. The minimum atomic E-state index is -3.23. The van der Waals surface area contributed by atoms with E-state index in [1.165, 1.54) is 6.92 Å². The van der Waals surface area contributed by atoms with Crippen molar-refractivity contribution in [3.8, 4) is 5.75 Å². The molecule has 0 amide bonds. The van der Waals surface area contributed by atoms with E-state index >= 15 is 0 Å². The van der Waals surface area contributed by atoms with E-state index < -0.39 is 29.7 Å². The number of carbonyl (C=O) groups excluding carboxylic acids is 1. The third-order valence-corrected chi connectivity index (χ3v) is 1.83. The molecule has 4 nitrogen and oxygen atoms in total. The van der Waals surface area contributed by atoms with Crippen LogP contribution in [-0.4, -0.2) is 19.2 Å². The normalized spacial score (nSPS) is 10.4. The van der Waals surface area contributed by atoms with Crippen molar-refractivity contribution in [1.82, 2.24) is 0 Å². The van der Waals surface area contributed by atoms with E-state index in [0.717, 1.165) is 12.1 Å². The van der Waals surface area contributed by atoms with Gasteiger partial charge in [0.1, 0.15) is 0 Å². The standard InChI is InChI=1S/C10H10F3NO3/c1-2-16-9(15)5-3-4-6(14)8(7(5)11)17-10(12)13/h3-4,10H,2,14H2,1H3. The van der Waals surface area contributed by atoms with E-state index in [1.807, 2.05) is 0 Å². The zero-order valence-electron chi connectivity index (χ0n) is 8.88. The maximum absolute atomic E-state index is 13.6. The van der Waals surface area contributed by atoms with Gasteiger partial charge in [0.25, 0.3) is 0 Å². The first-order valence-electron chi connectivity index (χ1n) is 4.67. The fraction of sp³-hybridized carbons (Fsp3) is 0.300. The minimum Gasteiger partial charge on any atom is -0.462 e. The molecule has 0 fully saturated rings. The number of halogens is 3. The smallest absolute Gasteiger partial charge is 0.387 e. The Labute approximate surface area is 95.1 Å². The second-order valence-electron chi connectivity index (χ2n) is 2.94. The van der Waals surface area contributed by atoms with E-state index in [4.69, 9.17) is 5.73 Å². The van der Waals surface area contributed by atoms with Crippen molar-refractivity contribution in [3.05, 3.63) is 23.5 Å². The SMILES string of the molecule is CCOC(=O)c1ccc(N)c(OC(F)F)c1F. The maximum atomic E-state index is 13.6. The highest BCUT2D eigenvalue weighted by Gasteiger charge is 2.21. The minimum absolute atomic E-state index is 0.0354. The number of carbonyl (C=O) groups is 1. The Bertz CT molecular complexity index is 424. The lowest BCUT2D eigenvalue weighted by Crippen LogP contribution is -2.12. The molecule has 1 rings (SSSR count). The Morgan fingerprint density at radius 2 is 2.12 bits per heavy atom. The van der Waals surface area contributed by atoms with Gasteiger partial charge in [-0.1, -0.05) is 0 Å². The summed E-state index contributed by atoms with van der Waals surface area (Å²) in [6, 6.07) is 2.13. The van der Waals surface area contributed by atoms with E-state index in [9.17, 15) is 18.0 Å². The number of ether oxygens (including phenoxy) is 2. The van der Waals surface area contributed by atoms with Crippen LogP contribution in [0.2, 0.25) is 0 Å². The summed E-state index contributed by atoms with van der Waals surface area (Å²) in [5, 5.41) is 0. The Morgan fingerprint density at radius 3 is 2.65 bits per heavy atom. The van der Waals surface area contributed by atoms with Crippen molar-refractivity contribution in [2.75, 3.05) is 12.3 Å². The molecule has 0 bridgehead atoms. The molecule has 94 valence electrons. The van der Waals surface area contributed by atoms with Crippen molar-refractivity contribution in [2.24, 2.45) is 0 Å². The summed E-state index contributed by atoms with van der Waals surface area (Å²) >= 11 is 0. The van der Waals surface area contributed by atoms with Gasteiger partial charge >= 0.3 is 12.6 Å². The number of benzene rings is 1. The van der Waals surface area contributed by atoms with Crippen molar-refractivity contribution in [3.63, 3.8) is 0 Å². The molecule has 0 heterocycles. The maximum Gasteiger partial charge on any atom is 0.387 e.